The highest BCUT2D eigenvalue weighted by molar-refractivity contribution is 5.00. The van der Waals surface area contributed by atoms with Gasteiger partial charge in [-0.25, -0.2) is 0 Å². The molecule has 1 atom stereocenters. The molecule has 0 aliphatic rings. The Hall–Kier alpha value is -1.34. The van der Waals surface area contributed by atoms with Crippen LogP contribution in [0.1, 0.15) is 25.5 Å². The van der Waals surface area contributed by atoms with E-state index >= 15 is 0 Å². The summed E-state index contributed by atoms with van der Waals surface area (Å²) < 4.78 is 1.68. The first-order valence-electron chi connectivity index (χ1n) is 4.81. The molecule has 0 amide bonds. The molecule has 1 unspecified atom stereocenters. The van der Waals surface area contributed by atoms with E-state index < -0.39 is 0 Å². The van der Waals surface area contributed by atoms with Gasteiger partial charge in [0.1, 0.15) is 0 Å². The van der Waals surface area contributed by atoms with Crippen molar-refractivity contribution in [3.05, 3.63) is 11.9 Å². The van der Waals surface area contributed by atoms with Gasteiger partial charge in [0, 0.05) is 19.8 Å². The Morgan fingerprint density at radius 1 is 1.71 bits per heavy atom. The normalized spacial score (nSPS) is 12.4. The molecule has 4 heteroatoms. The second-order valence-electron chi connectivity index (χ2n) is 3.27. The second kappa shape index (κ2) is 5.40. The lowest BCUT2D eigenvalue weighted by molar-refractivity contribution is 0.557. The third kappa shape index (κ3) is 3.19. The van der Waals surface area contributed by atoms with Gasteiger partial charge >= 0.3 is 0 Å². The number of rotatable bonds is 5. The zero-order valence-corrected chi connectivity index (χ0v) is 8.70. The molecule has 0 saturated heterocycles. The third-order valence-corrected chi connectivity index (χ3v) is 1.96. The highest BCUT2D eigenvalue weighted by atomic mass is 15.4. The zero-order valence-electron chi connectivity index (χ0n) is 8.70. The first-order valence-corrected chi connectivity index (χ1v) is 4.81. The van der Waals surface area contributed by atoms with Crippen molar-refractivity contribution in [3.8, 4) is 12.3 Å². The fourth-order valence-electron chi connectivity index (χ4n) is 1.24. The topological polar surface area (TPSA) is 42.7 Å². The van der Waals surface area contributed by atoms with E-state index in [0.717, 1.165) is 18.5 Å². The van der Waals surface area contributed by atoms with Gasteiger partial charge in [0.25, 0.3) is 0 Å². The Balaban J connectivity index is 2.36. The average Bonchev–Trinajstić information content (AvgIpc) is 2.59. The lowest BCUT2D eigenvalue weighted by atomic mass is 10.2. The van der Waals surface area contributed by atoms with Crippen LogP contribution in [0.15, 0.2) is 6.20 Å². The molecule has 1 aromatic heterocycles. The maximum Gasteiger partial charge on any atom is 0.0965 e. The second-order valence-corrected chi connectivity index (χ2v) is 3.27. The summed E-state index contributed by atoms with van der Waals surface area (Å²) in [5.41, 5.74) is 0.920. The van der Waals surface area contributed by atoms with E-state index in [-0.39, 0.29) is 6.04 Å². The Labute approximate surface area is 84.7 Å². The fraction of sp³-hybridized carbons (Fsp3) is 0.600. The Bertz CT molecular complexity index is 310. The molecular weight excluding hydrogens is 176 g/mol. The van der Waals surface area contributed by atoms with Crippen LogP contribution in [0.25, 0.3) is 0 Å². The smallest absolute Gasteiger partial charge is 0.0965 e. The Morgan fingerprint density at radius 2 is 2.50 bits per heavy atom. The van der Waals surface area contributed by atoms with Crippen LogP contribution in [0, 0.1) is 12.3 Å². The predicted molar refractivity (Wildman–Crippen MR) is 55.4 cm³/mol. The number of aryl methyl sites for hydroxylation is 1. The molecule has 76 valence electrons. The van der Waals surface area contributed by atoms with Gasteiger partial charge in [-0.3, -0.25) is 10.00 Å². The number of terminal acetylenes is 1. The summed E-state index contributed by atoms with van der Waals surface area (Å²) in [4.78, 5) is 0. The summed E-state index contributed by atoms with van der Waals surface area (Å²) in [6.45, 7) is 2.80. The van der Waals surface area contributed by atoms with Gasteiger partial charge in [-0.1, -0.05) is 24.5 Å². The molecule has 1 rings (SSSR count). The maximum absolute atomic E-state index is 5.37. The molecule has 0 aliphatic carbocycles. The first kappa shape index (κ1) is 10.7. The molecular formula is C10H16N4. The van der Waals surface area contributed by atoms with Crippen LogP contribution in [-0.2, 0) is 13.6 Å². The molecule has 4 nitrogen and oxygen atoms in total. The lowest BCUT2D eigenvalue weighted by Crippen LogP contribution is -2.26. The molecule has 0 aromatic carbocycles. The van der Waals surface area contributed by atoms with Gasteiger partial charge in [0.05, 0.1) is 11.7 Å². The number of hydrogen-bond acceptors (Lipinski definition) is 3. The van der Waals surface area contributed by atoms with Gasteiger partial charge in [-0.2, -0.15) is 0 Å². The van der Waals surface area contributed by atoms with Crippen molar-refractivity contribution in [2.45, 2.75) is 32.4 Å². The van der Waals surface area contributed by atoms with E-state index in [1.807, 2.05) is 13.2 Å². The van der Waals surface area contributed by atoms with Gasteiger partial charge in [0.2, 0.25) is 0 Å². The molecule has 0 saturated carbocycles. The summed E-state index contributed by atoms with van der Waals surface area (Å²) in [5.74, 6) is 2.71. The van der Waals surface area contributed by atoms with Crippen LogP contribution in [0.3, 0.4) is 0 Å². The van der Waals surface area contributed by atoms with E-state index in [9.17, 15) is 0 Å². The van der Waals surface area contributed by atoms with E-state index in [0.29, 0.717) is 6.54 Å². The van der Waals surface area contributed by atoms with E-state index in [4.69, 9.17) is 6.42 Å². The minimum Gasteiger partial charge on any atom is -0.298 e. The molecule has 0 fully saturated rings. The molecule has 1 heterocycles. The van der Waals surface area contributed by atoms with E-state index in [1.54, 1.807) is 4.68 Å². The third-order valence-electron chi connectivity index (χ3n) is 1.96. The first-order chi connectivity index (χ1) is 6.76. The molecule has 0 aliphatic heterocycles. The predicted octanol–water partition coefficient (Wildman–Crippen LogP) is 0.707. The average molecular weight is 192 g/mol. The molecule has 0 radical (unpaired) electrons. The summed E-state index contributed by atoms with van der Waals surface area (Å²) in [6.07, 6.45) is 9.34. The van der Waals surface area contributed by atoms with Crippen LogP contribution in [0.5, 0.6) is 0 Å². The van der Waals surface area contributed by atoms with Crippen LogP contribution in [-0.4, -0.2) is 21.0 Å². The minimum atomic E-state index is 0.141. The van der Waals surface area contributed by atoms with Crippen molar-refractivity contribution in [2.24, 2.45) is 7.05 Å². The van der Waals surface area contributed by atoms with Crippen LogP contribution >= 0.6 is 0 Å². The Kier molecular flexibility index (Phi) is 4.14. The van der Waals surface area contributed by atoms with Gasteiger partial charge < -0.3 is 0 Å². The van der Waals surface area contributed by atoms with Crippen LogP contribution in [0.2, 0.25) is 0 Å². The minimum absolute atomic E-state index is 0.141. The van der Waals surface area contributed by atoms with Crippen molar-refractivity contribution < 1.29 is 0 Å². The van der Waals surface area contributed by atoms with Crippen molar-refractivity contribution in [3.63, 3.8) is 0 Å². The zero-order chi connectivity index (χ0) is 10.4. The molecule has 14 heavy (non-hydrogen) atoms. The van der Waals surface area contributed by atoms with Crippen molar-refractivity contribution in [1.82, 2.24) is 20.3 Å². The Morgan fingerprint density at radius 3 is 3.00 bits per heavy atom. The highest BCUT2D eigenvalue weighted by Crippen LogP contribution is 1.97. The van der Waals surface area contributed by atoms with Crippen molar-refractivity contribution >= 4 is 0 Å². The summed E-state index contributed by atoms with van der Waals surface area (Å²) >= 11 is 0. The van der Waals surface area contributed by atoms with Gasteiger partial charge in [-0.15, -0.1) is 11.5 Å². The van der Waals surface area contributed by atoms with Crippen molar-refractivity contribution in [2.75, 3.05) is 0 Å². The monoisotopic (exact) mass is 192 g/mol. The quantitative estimate of drug-likeness (QED) is 0.699. The fourth-order valence-corrected chi connectivity index (χ4v) is 1.24. The van der Waals surface area contributed by atoms with Gasteiger partial charge in [-0.05, 0) is 6.42 Å². The lowest BCUT2D eigenvalue weighted by Gasteiger charge is -2.09. The summed E-state index contributed by atoms with van der Waals surface area (Å²) in [6, 6.07) is 0.141. The largest absolute Gasteiger partial charge is 0.298 e. The van der Waals surface area contributed by atoms with Crippen molar-refractivity contribution in [1.29, 1.82) is 0 Å². The SMILES string of the molecule is C#CC(CCC)NCc1cn(C)nn1. The van der Waals surface area contributed by atoms with Crippen LogP contribution < -0.4 is 5.32 Å². The summed E-state index contributed by atoms with van der Waals surface area (Å²) in [7, 11) is 1.85. The number of aromatic nitrogens is 3. The molecule has 1 aromatic rings. The van der Waals surface area contributed by atoms with E-state index in [1.165, 1.54) is 0 Å². The van der Waals surface area contributed by atoms with E-state index in [2.05, 4.69) is 28.5 Å². The highest BCUT2D eigenvalue weighted by Gasteiger charge is 2.04. The van der Waals surface area contributed by atoms with Crippen LogP contribution in [0.4, 0.5) is 0 Å². The number of nitrogens with zero attached hydrogens (tertiary/aromatic N) is 3. The number of hydrogen-bond donors (Lipinski definition) is 1. The summed E-state index contributed by atoms with van der Waals surface area (Å²) in [5, 5.41) is 11.1. The molecule has 0 bridgehead atoms. The maximum atomic E-state index is 5.37. The number of nitrogens with one attached hydrogen (secondary N) is 1. The molecule has 0 spiro atoms. The standard InChI is InChI=1S/C10H16N4/c1-4-6-9(5-2)11-7-10-8-14(3)13-12-10/h2,8-9,11H,4,6-7H2,1,3H3. The molecule has 1 N–H and O–H groups in total. The van der Waals surface area contributed by atoms with Gasteiger partial charge in [0.15, 0.2) is 0 Å².